The number of rotatable bonds is 8. The number of aliphatic hydroxyl groups excluding tert-OH is 1. The van der Waals surface area contributed by atoms with E-state index in [1.807, 2.05) is 50.2 Å². The van der Waals surface area contributed by atoms with Gasteiger partial charge < -0.3 is 20.1 Å². The van der Waals surface area contributed by atoms with Crippen LogP contribution in [0.5, 0.6) is 0 Å². The molecule has 0 aromatic heterocycles. The molecule has 118 valence electrons. The number of methoxy groups -OCH3 is 1. The van der Waals surface area contributed by atoms with Crippen molar-refractivity contribution in [3.63, 3.8) is 0 Å². The Bertz CT molecular complexity index is 432. The molecule has 0 spiro atoms. The first-order valence-electron chi connectivity index (χ1n) is 7.13. The van der Waals surface area contributed by atoms with Crippen LogP contribution in [-0.2, 0) is 9.53 Å². The first kappa shape index (κ1) is 17.6. The summed E-state index contributed by atoms with van der Waals surface area (Å²) in [5.74, 6) is -0.330. The van der Waals surface area contributed by atoms with Gasteiger partial charge in [0, 0.05) is 19.1 Å². The van der Waals surface area contributed by atoms with E-state index >= 15 is 0 Å². The quantitative estimate of drug-likeness (QED) is 0.703. The van der Waals surface area contributed by atoms with Crippen LogP contribution < -0.4 is 5.32 Å². The van der Waals surface area contributed by atoms with E-state index in [0.29, 0.717) is 6.54 Å². The normalized spacial score (nSPS) is 14.0. The molecule has 21 heavy (non-hydrogen) atoms. The van der Waals surface area contributed by atoms with Crippen molar-refractivity contribution in [3.05, 3.63) is 35.4 Å². The fourth-order valence-electron chi connectivity index (χ4n) is 2.03. The highest BCUT2D eigenvalue weighted by Crippen LogP contribution is 2.20. The molecule has 5 nitrogen and oxygen atoms in total. The molecule has 5 heteroatoms. The molecule has 0 aliphatic rings. The molecule has 1 aromatic carbocycles. The first-order chi connectivity index (χ1) is 9.93. The van der Waals surface area contributed by atoms with Gasteiger partial charge in [-0.15, -0.1) is 0 Å². The first-order valence-corrected chi connectivity index (χ1v) is 7.13. The van der Waals surface area contributed by atoms with E-state index in [4.69, 9.17) is 4.74 Å². The number of hydrogen-bond acceptors (Lipinski definition) is 5. The average Bonchev–Trinajstić information content (AvgIpc) is 2.45. The largest absolute Gasteiger partial charge is 0.469 e. The van der Waals surface area contributed by atoms with Gasteiger partial charge in [0.05, 0.1) is 19.6 Å². The number of benzene rings is 1. The smallest absolute Gasteiger partial charge is 0.307 e. The minimum absolute atomic E-state index is 0.138. The number of hydrogen-bond donors (Lipinski definition) is 2. The Morgan fingerprint density at radius 2 is 1.95 bits per heavy atom. The van der Waals surface area contributed by atoms with Crippen molar-refractivity contribution in [1.82, 2.24) is 10.2 Å². The average molecular weight is 294 g/mol. The Kier molecular flexibility index (Phi) is 7.36. The number of aryl methyl sites for hydroxylation is 1. The van der Waals surface area contributed by atoms with E-state index in [0.717, 1.165) is 17.7 Å². The van der Waals surface area contributed by atoms with Crippen LogP contribution in [0.15, 0.2) is 24.3 Å². The number of esters is 1. The van der Waals surface area contributed by atoms with Gasteiger partial charge in [0.25, 0.3) is 0 Å². The summed E-state index contributed by atoms with van der Waals surface area (Å²) in [4.78, 5) is 13.6. The molecular formula is C16H26N2O3. The van der Waals surface area contributed by atoms with Crippen LogP contribution >= 0.6 is 0 Å². The second-order valence-corrected chi connectivity index (χ2v) is 5.50. The van der Waals surface area contributed by atoms with Crippen LogP contribution in [0.3, 0.4) is 0 Å². The number of nitrogens with zero attached hydrogens (tertiary/aromatic N) is 1. The van der Waals surface area contributed by atoms with Crippen molar-refractivity contribution in [2.24, 2.45) is 0 Å². The van der Waals surface area contributed by atoms with E-state index in [2.05, 4.69) is 5.32 Å². The van der Waals surface area contributed by atoms with E-state index in [-0.39, 0.29) is 18.4 Å². The molecule has 0 radical (unpaired) electrons. The molecule has 0 bridgehead atoms. The molecule has 0 heterocycles. The second kappa shape index (κ2) is 8.77. The van der Waals surface area contributed by atoms with Gasteiger partial charge >= 0.3 is 5.97 Å². The van der Waals surface area contributed by atoms with Crippen LogP contribution in [0.1, 0.15) is 23.7 Å². The molecule has 2 atom stereocenters. The fourth-order valence-corrected chi connectivity index (χ4v) is 2.03. The third-order valence-corrected chi connectivity index (χ3v) is 3.38. The lowest BCUT2D eigenvalue weighted by molar-refractivity contribution is -0.142. The predicted octanol–water partition coefficient (Wildman–Crippen LogP) is 1.11. The Labute approximate surface area is 126 Å². The predicted molar refractivity (Wildman–Crippen MR) is 83.1 cm³/mol. The third kappa shape index (κ3) is 6.25. The van der Waals surface area contributed by atoms with E-state index < -0.39 is 6.10 Å². The van der Waals surface area contributed by atoms with Gasteiger partial charge in [-0.25, -0.2) is 0 Å². The third-order valence-electron chi connectivity index (χ3n) is 3.38. The van der Waals surface area contributed by atoms with E-state index in [1.54, 1.807) is 0 Å². The van der Waals surface area contributed by atoms with Crippen molar-refractivity contribution in [1.29, 1.82) is 0 Å². The summed E-state index contributed by atoms with van der Waals surface area (Å²) in [6, 6.07) is 7.32. The standard InChI is InChI=1S/C16H26N2O3/c1-12-5-7-13(8-6-12)16(20)14(11-15(19)21-4)17-9-10-18(2)3/h5-8,14,16-17,20H,9-11H2,1-4H3. The summed E-state index contributed by atoms with van der Waals surface area (Å²) in [6.07, 6.45) is -0.606. The molecule has 0 amide bonds. The monoisotopic (exact) mass is 294 g/mol. The molecule has 0 fully saturated rings. The number of ether oxygens (including phenoxy) is 1. The molecule has 1 rings (SSSR count). The molecule has 0 aliphatic heterocycles. The number of nitrogens with one attached hydrogen (secondary N) is 1. The molecule has 1 aromatic rings. The lowest BCUT2D eigenvalue weighted by atomic mass is 9.98. The Hall–Kier alpha value is -1.43. The highest BCUT2D eigenvalue weighted by molar-refractivity contribution is 5.70. The van der Waals surface area contributed by atoms with Crippen molar-refractivity contribution >= 4 is 5.97 Å². The summed E-state index contributed by atoms with van der Waals surface area (Å²) in [6.45, 7) is 3.52. The summed E-state index contributed by atoms with van der Waals surface area (Å²) in [5, 5.41) is 13.7. The van der Waals surface area contributed by atoms with Crippen LogP contribution in [-0.4, -0.2) is 56.3 Å². The summed E-state index contributed by atoms with van der Waals surface area (Å²) < 4.78 is 4.71. The summed E-state index contributed by atoms with van der Waals surface area (Å²) in [7, 11) is 5.32. The zero-order valence-corrected chi connectivity index (χ0v) is 13.3. The summed E-state index contributed by atoms with van der Waals surface area (Å²) >= 11 is 0. The maximum Gasteiger partial charge on any atom is 0.307 e. The van der Waals surface area contributed by atoms with Crippen LogP contribution in [0.2, 0.25) is 0 Å². The van der Waals surface area contributed by atoms with Crippen molar-refractivity contribution < 1.29 is 14.6 Å². The fraction of sp³-hybridized carbons (Fsp3) is 0.562. The van der Waals surface area contributed by atoms with Gasteiger partial charge in [-0.3, -0.25) is 4.79 Å². The van der Waals surface area contributed by atoms with Crippen LogP contribution in [0.4, 0.5) is 0 Å². The van der Waals surface area contributed by atoms with E-state index in [1.165, 1.54) is 7.11 Å². The Morgan fingerprint density at radius 3 is 2.48 bits per heavy atom. The van der Waals surface area contributed by atoms with Crippen molar-refractivity contribution in [2.45, 2.75) is 25.5 Å². The van der Waals surface area contributed by atoms with Crippen molar-refractivity contribution in [2.75, 3.05) is 34.3 Å². The minimum atomic E-state index is -0.744. The lowest BCUT2D eigenvalue weighted by Crippen LogP contribution is -2.40. The van der Waals surface area contributed by atoms with Gasteiger partial charge in [-0.1, -0.05) is 29.8 Å². The Balaban J connectivity index is 2.73. The maximum absolute atomic E-state index is 11.5. The number of carbonyl (C=O) groups excluding carboxylic acids is 1. The highest BCUT2D eigenvalue weighted by Gasteiger charge is 2.23. The van der Waals surface area contributed by atoms with Gasteiger partial charge in [-0.2, -0.15) is 0 Å². The molecule has 2 unspecified atom stereocenters. The van der Waals surface area contributed by atoms with Gasteiger partial charge in [0.15, 0.2) is 0 Å². The minimum Gasteiger partial charge on any atom is -0.469 e. The van der Waals surface area contributed by atoms with Crippen LogP contribution in [0, 0.1) is 6.92 Å². The second-order valence-electron chi connectivity index (χ2n) is 5.50. The zero-order valence-electron chi connectivity index (χ0n) is 13.3. The number of likely N-dealkylation sites (N-methyl/N-ethyl adjacent to an activating group) is 1. The number of carbonyl (C=O) groups is 1. The highest BCUT2D eigenvalue weighted by atomic mass is 16.5. The Morgan fingerprint density at radius 1 is 1.33 bits per heavy atom. The molecule has 0 saturated heterocycles. The number of aliphatic hydroxyl groups is 1. The maximum atomic E-state index is 11.5. The van der Waals surface area contributed by atoms with Crippen LogP contribution in [0.25, 0.3) is 0 Å². The molecule has 2 N–H and O–H groups in total. The summed E-state index contributed by atoms with van der Waals surface area (Å²) in [5.41, 5.74) is 1.93. The molecule has 0 saturated carbocycles. The van der Waals surface area contributed by atoms with E-state index in [9.17, 15) is 9.90 Å². The molecule has 0 aliphatic carbocycles. The SMILES string of the molecule is COC(=O)CC(NCCN(C)C)C(O)c1ccc(C)cc1. The topological polar surface area (TPSA) is 61.8 Å². The van der Waals surface area contributed by atoms with Gasteiger partial charge in [-0.05, 0) is 26.6 Å². The lowest BCUT2D eigenvalue weighted by Gasteiger charge is -2.24. The van der Waals surface area contributed by atoms with Gasteiger partial charge in [0.1, 0.15) is 0 Å². The molecular weight excluding hydrogens is 268 g/mol. The van der Waals surface area contributed by atoms with Gasteiger partial charge in [0.2, 0.25) is 0 Å². The van der Waals surface area contributed by atoms with Crippen molar-refractivity contribution in [3.8, 4) is 0 Å². The zero-order chi connectivity index (χ0) is 15.8.